The second-order valence-corrected chi connectivity index (χ2v) is 4.18. The molecule has 0 fully saturated rings. The molecule has 0 atom stereocenters. The van der Waals surface area contributed by atoms with Gasteiger partial charge >= 0.3 is 0 Å². The van der Waals surface area contributed by atoms with Crippen LogP contribution in [0.3, 0.4) is 0 Å². The number of rotatable bonds is 6. The molecule has 0 saturated carbocycles. The Hall–Kier alpha value is -2.13. The van der Waals surface area contributed by atoms with Crippen LogP contribution in [0.5, 0.6) is 0 Å². The molecule has 1 rings (SSSR count). The zero-order chi connectivity index (χ0) is 13.5. The van der Waals surface area contributed by atoms with E-state index in [1.807, 2.05) is 20.2 Å². The van der Waals surface area contributed by atoms with Crippen molar-refractivity contribution in [2.75, 3.05) is 32.5 Å². The van der Waals surface area contributed by atoms with Crippen molar-refractivity contribution >= 4 is 11.4 Å². The van der Waals surface area contributed by atoms with Crippen LogP contribution in [0.1, 0.15) is 12.0 Å². The third kappa shape index (κ3) is 4.03. The van der Waals surface area contributed by atoms with Crippen LogP contribution >= 0.6 is 0 Å². The van der Waals surface area contributed by atoms with E-state index in [4.69, 9.17) is 5.26 Å². The second kappa shape index (κ2) is 6.57. The number of nitrogens with zero attached hydrogens (tertiary/aromatic N) is 3. The molecule has 1 N–H and O–H groups in total. The van der Waals surface area contributed by atoms with Gasteiger partial charge in [-0.25, -0.2) is 0 Å². The summed E-state index contributed by atoms with van der Waals surface area (Å²) < 4.78 is 0. The number of benzene rings is 1. The van der Waals surface area contributed by atoms with E-state index in [2.05, 4.69) is 10.2 Å². The number of anilines is 1. The maximum absolute atomic E-state index is 10.6. The maximum atomic E-state index is 10.6. The fourth-order valence-corrected chi connectivity index (χ4v) is 1.51. The van der Waals surface area contributed by atoms with E-state index in [9.17, 15) is 10.1 Å². The maximum Gasteiger partial charge on any atom is 0.270 e. The summed E-state index contributed by atoms with van der Waals surface area (Å²) in [4.78, 5) is 12.2. The third-order valence-electron chi connectivity index (χ3n) is 2.43. The first-order chi connectivity index (χ1) is 8.54. The number of non-ortho nitro benzene ring substituents is 1. The molecule has 0 saturated heterocycles. The lowest BCUT2D eigenvalue weighted by atomic mass is 10.1. The molecular formula is C12H16N4O2. The SMILES string of the molecule is CN(C)CCCNc1ccc([N+](=O)[O-])cc1C#N. The molecule has 0 spiro atoms. The topological polar surface area (TPSA) is 82.2 Å². The second-order valence-electron chi connectivity index (χ2n) is 4.18. The van der Waals surface area contributed by atoms with Gasteiger partial charge in [-0.15, -0.1) is 0 Å². The lowest BCUT2D eigenvalue weighted by molar-refractivity contribution is -0.384. The molecule has 18 heavy (non-hydrogen) atoms. The summed E-state index contributed by atoms with van der Waals surface area (Å²) in [5.41, 5.74) is 0.876. The molecule has 6 nitrogen and oxygen atoms in total. The van der Waals surface area contributed by atoms with Crippen molar-refractivity contribution in [1.82, 2.24) is 4.90 Å². The average molecular weight is 248 g/mol. The van der Waals surface area contributed by atoms with Crippen LogP contribution in [0.25, 0.3) is 0 Å². The van der Waals surface area contributed by atoms with Crippen LogP contribution in [-0.4, -0.2) is 37.0 Å². The average Bonchev–Trinajstić information content (AvgIpc) is 2.34. The van der Waals surface area contributed by atoms with Crippen LogP contribution in [0.4, 0.5) is 11.4 Å². The number of nitrogens with one attached hydrogen (secondary N) is 1. The predicted molar refractivity (Wildman–Crippen MR) is 69.5 cm³/mol. The van der Waals surface area contributed by atoms with E-state index in [0.717, 1.165) is 19.5 Å². The Morgan fingerprint density at radius 1 is 1.50 bits per heavy atom. The zero-order valence-electron chi connectivity index (χ0n) is 10.5. The Bertz CT molecular complexity index is 466. The summed E-state index contributed by atoms with van der Waals surface area (Å²) in [6, 6.07) is 6.22. The quantitative estimate of drug-likeness (QED) is 0.472. The smallest absolute Gasteiger partial charge is 0.270 e. The van der Waals surface area contributed by atoms with E-state index < -0.39 is 4.92 Å². The van der Waals surface area contributed by atoms with Gasteiger partial charge in [-0.05, 0) is 33.1 Å². The monoisotopic (exact) mass is 248 g/mol. The highest BCUT2D eigenvalue weighted by molar-refractivity contribution is 5.61. The molecule has 0 radical (unpaired) electrons. The Morgan fingerprint density at radius 2 is 2.22 bits per heavy atom. The number of nitriles is 1. The highest BCUT2D eigenvalue weighted by Crippen LogP contribution is 2.21. The largest absolute Gasteiger partial charge is 0.384 e. The summed E-state index contributed by atoms with van der Waals surface area (Å²) in [7, 11) is 3.99. The van der Waals surface area contributed by atoms with E-state index >= 15 is 0 Å². The third-order valence-corrected chi connectivity index (χ3v) is 2.43. The Balaban J connectivity index is 2.66. The van der Waals surface area contributed by atoms with Crippen molar-refractivity contribution in [3.63, 3.8) is 0 Å². The highest BCUT2D eigenvalue weighted by Gasteiger charge is 2.09. The Labute approximate surface area is 106 Å². The molecule has 0 heterocycles. The molecule has 0 aliphatic heterocycles. The van der Waals surface area contributed by atoms with Gasteiger partial charge in [-0.3, -0.25) is 10.1 Å². The van der Waals surface area contributed by atoms with Crippen molar-refractivity contribution in [1.29, 1.82) is 5.26 Å². The molecule has 96 valence electrons. The van der Waals surface area contributed by atoms with Crippen molar-refractivity contribution in [2.24, 2.45) is 0 Å². The van der Waals surface area contributed by atoms with Crippen molar-refractivity contribution in [3.8, 4) is 6.07 Å². The van der Waals surface area contributed by atoms with Gasteiger partial charge in [0.15, 0.2) is 0 Å². The molecule has 0 unspecified atom stereocenters. The molecule has 0 bridgehead atoms. The first kappa shape index (κ1) is 13.9. The number of hydrogen-bond acceptors (Lipinski definition) is 5. The number of hydrogen-bond donors (Lipinski definition) is 1. The summed E-state index contributed by atoms with van der Waals surface area (Å²) in [5, 5.41) is 22.6. The summed E-state index contributed by atoms with van der Waals surface area (Å²) in [5.74, 6) is 0. The summed E-state index contributed by atoms with van der Waals surface area (Å²) in [6.07, 6.45) is 0.939. The minimum absolute atomic E-state index is 0.0645. The molecule has 1 aromatic carbocycles. The van der Waals surface area contributed by atoms with Gasteiger partial charge in [0.05, 0.1) is 16.2 Å². The fourth-order valence-electron chi connectivity index (χ4n) is 1.51. The minimum atomic E-state index is -0.503. The van der Waals surface area contributed by atoms with Crippen molar-refractivity contribution in [2.45, 2.75) is 6.42 Å². The molecule has 0 aliphatic carbocycles. The van der Waals surface area contributed by atoms with E-state index in [1.54, 1.807) is 6.07 Å². The van der Waals surface area contributed by atoms with Gasteiger partial charge in [0, 0.05) is 18.7 Å². The standard InChI is InChI=1S/C12H16N4O2/c1-15(2)7-3-6-14-12-5-4-11(16(17)18)8-10(12)9-13/h4-5,8,14H,3,6-7H2,1-2H3. The van der Waals surface area contributed by atoms with Crippen LogP contribution in [0.15, 0.2) is 18.2 Å². The first-order valence-electron chi connectivity index (χ1n) is 5.61. The van der Waals surface area contributed by atoms with Gasteiger partial charge in [0.1, 0.15) is 6.07 Å². The minimum Gasteiger partial charge on any atom is -0.384 e. The predicted octanol–water partition coefficient (Wildman–Crippen LogP) is 1.83. The Morgan fingerprint density at radius 3 is 2.78 bits per heavy atom. The molecule has 0 aliphatic rings. The van der Waals surface area contributed by atoms with E-state index in [-0.39, 0.29) is 5.69 Å². The first-order valence-corrected chi connectivity index (χ1v) is 5.61. The van der Waals surface area contributed by atoms with Gasteiger partial charge in [-0.1, -0.05) is 0 Å². The molecular weight excluding hydrogens is 232 g/mol. The van der Waals surface area contributed by atoms with Gasteiger partial charge < -0.3 is 10.2 Å². The van der Waals surface area contributed by atoms with Crippen LogP contribution in [0, 0.1) is 21.4 Å². The van der Waals surface area contributed by atoms with Gasteiger partial charge in [0.25, 0.3) is 5.69 Å². The molecule has 0 aromatic heterocycles. The lowest BCUT2D eigenvalue weighted by Crippen LogP contribution is -2.16. The van der Waals surface area contributed by atoms with Crippen LogP contribution in [-0.2, 0) is 0 Å². The van der Waals surface area contributed by atoms with Crippen LogP contribution < -0.4 is 5.32 Å². The Kier molecular flexibility index (Phi) is 5.08. The van der Waals surface area contributed by atoms with Gasteiger partial charge in [0.2, 0.25) is 0 Å². The van der Waals surface area contributed by atoms with Crippen molar-refractivity contribution < 1.29 is 4.92 Å². The van der Waals surface area contributed by atoms with E-state index in [1.165, 1.54) is 12.1 Å². The lowest BCUT2D eigenvalue weighted by Gasteiger charge is -2.11. The molecule has 6 heteroatoms. The zero-order valence-corrected chi connectivity index (χ0v) is 10.5. The summed E-state index contributed by atoms with van der Waals surface area (Å²) in [6.45, 7) is 1.67. The molecule has 1 aromatic rings. The van der Waals surface area contributed by atoms with Gasteiger partial charge in [-0.2, -0.15) is 5.26 Å². The molecule has 0 amide bonds. The van der Waals surface area contributed by atoms with Crippen molar-refractivity contribution in [3.05, 3.63) is 33.9 Å². The normalized spacial score (nSPS) is 10.1. The number of nitro groups is 1. The van der Waals surface area contributed by atoms with Crippen LogP contribution in [0.2, 0.25) is 0 Å². The fraction of sp³-hybridized carbons (Fsp3) is 0.417. The summed E-state index contributed by atoms with van der Waals surface area (Å²) >= 11 is 0. The number of nitro benzene ring substituents is 1. The van der Waals surface area contributed by atoms with E-state index in [0.29, 0.717) is 11.3 Å². The highest BCUT2D eigenvalue weighted by atomic mass is 16.6.